The van der Waals surface area contributed by atoms with Crippen LogP contribution in [0.3, 0.4) is 0 Å². The van der Waals surface area contributed by atoms with E-state index in [1.54, 1.807) is 12.1 Å². The zero-order valence-corrected chi connectivity index (χ0v) is 13.2. The molecule has 0 saturated heterocycles. The number of benzene rings is 1. The molecule has 1 saturated carbocycles. The Morgan fingerprint density at radius 3 is 2.83 bits per heavy atom. The molecule has 1 aromatic carbocycles. The maximum Gasteiger partial charge on any atom is 0.374 e. The lowest BCUT2D eigenvalue weighted by molar-refractivity contribution is -0.125. The molecule has 2 unspecified atom stereocenters. The summed E-state index contributed by atoms with van der Waals surface area (Å²) >= 11 is 0. The Hall–Kier alpha value is -2.30. The van der Waals surface area contributed by atoms with Gasteiger partial charge in [0.1, 0.15) is 5.58 Å². The Morgan fingerprint density at radius 1 is 1.26 bits per heavy atom. The van der Waals surface area contributed by atoms with Gasteiger partial charge in [0.2, 0.25) is 5.76 Å². The summed E-state index contributed by atoms with van der Waals surface area (Å²) < 4.78 is 10.5. The molecule has 1 heterocycles. The van der Waals surface area contributed by atoms with E-state index in [1.807, 2.05) is 18.2 Å². The van der Waals surface area contributed by atoms with Gasteiger partial charge in [-0.05, 0) is 30.9 Å². The molecule has 0 bridgehead atoms. The van der Waals surface area contributed by atoms with Gasteiger partial charge in [-0.15, -0.1) is 0 Å². The highest BCUT2D eigenvalue weighted by Crippen LogP contribution is 2.23. The van der Waals surface area contributed by atoms with Crippen LogP contribution in [0.25, 0.3) is 11.0 Å². The topological polar surface area (TPSA) is 68.5 Å². The van der Waals surface area contributed by atoms with Crippen LogP contribution in [0, 0.1) is 5.92 Å². The van der Waals surface area contributed by atoms with Gasteiger partial charge in [-0.25, -0.2) is 4.79 Å². The van der Waals surface area contributed by atoms with E-state index in [-0.39, 0.29) is 24.3 Å². The lowest BCUT2D eigenvalue weighted by Crippen LogP contribution is -2.42. The third-order valence-electron chi connectivity index (χ3n) is 4.42. The fourth-order valence-corrected chi connectivity index (χ4v) is 3.06. The van der Waals surface area contributed by atoms with E-state index in [1.165, 1.54) is 6.42 Å². The third-order valence-corrected chi connectivity index (χ3v) is 4.42. The van der Waals surface area contributed by atoms with Gasteiger partial charge in [-0.1, -0.05) is 38.0 Å². The Kier molecular flexibility index (Phi) is 4.65. The number of rotatable bonds is 4. The summed E-state index contributed by atoms with van der Waals surface area (Å²) in [5, 5.41) is 3.79. The van der Waals surface area contributed by atoms with Crippen LogP contribution >= 0.6 is 0 Å². The summed E-state index contributed by atoms with van der Waals surface area (Å²) in [5.74, 6) is -0.287. The van der Waals surface area contributed by atoms with Gasteiger partial charge in [0, 0.05) is 11.4 Å². The Morgan fingerprint density at radius 2 is 2.04 bits per heavy atom. The average molecular weight is 315 g/mol. The number of furan rings is 1. The second-order valence-corrected chi connectivity index (χ2v) is 6.16. The molecule has 1 aliphatic rings. The van der Waals surface area contributed by atoms with E-state index in [4.69, 9.17) is 9.15 Å². The first-order valence-electron chi connectivity index (χ1n) is 8.08. The molecular weight excluding hydrogens is 294 g/mol. The minimum Gasteiger partial charge on any atom is -0.450 e. The largest absolute Gasteiger partial charge is 0.450 e. The molecule has 5 nitrogen and oxygen atoms in total. The first-order valence-corrected chi connectivity index (χ1v) is 8.08. The Balaban J connectivity index is 1.52. The fourth-order valence-electron chi connectivity index (χ4n) is 3.06. The molecular formula is C18H21NO4. The molecule has 1 aliphatic carbocycles. The second-order valence-electron chi connectivity index (χ2n) is 6.16. The number of esters is 1. The summed E-state index contributed by atoms with van der Waals surface area (Å²) in [4.78, 5) is 23.9. The molecule has 1 amide bonds. The minimum atomic E-state index is -0.618. The molecule has 2 aromatic rings. The zero-order chi connectivity index (χ0) is 16.2. The van der Waals surface area contributed by atoms with E-state index in [0.29, 0.717) is 11.5 Å². The van der Waals surface area contributed by atoms with Crippen LogP contribution in [0.4, 0.5) is 0 Å². The monoisotopic (exact) mass is 315 g/mol. The predicted octanol–water partition coefficient (Wildman–Crippen LogP) is 3.28. The summed E-state index contributed by atoms with van der Waals surface area (Å²) in [6.45, 7) is 1.86. The second kappa shape index (κ2) is 6.86. The van der Waals surface area contributed by atoms with Crippen molar-refractivity contribution >= 4 is 22.8 Å². The van der Waals surface area contributed by atoms with Crippen molar-refractivity contribution in [2.24, 2.45) is 5.92 Å². The number of nitrogens with one attached hydrogen (secondary N) is 1. The van der Waals surface area contributed by atoms with Crippen molar-refractivity contribution in [1.29, 1.82) is 0 Å². The van der Waals surface area contributed by atoms with E-state index >= 15 is 0 Å². The highest BCUT2D eigenvalue weighted by molar-refractivity contribution is 5.93. The number of carbonyl (C=O) groups is 2. The number of hydrogen-bond donors (Lipinski definition) is 1. The number of ether oxygens (including phenoxy) is 1. The zero-order valence-electron chi connectivity index (χ0n) is 13.2. The first-order chi connectivity index (χ1) is 11.1. The van der Waals surface area contributed by atoms with Crippen molar-refractivity contribution in [3.05, 3.63) is 36.1 Å². The molecule has 5 heteroatoms. The predicted molar refractivity (Wildman–Crippen MR) is 86.1 cm³/mol. The molecule has 23 heavy (non-hydrogen) atoms. The normalized spacial score (nSPS) is 21.1. The summed E-state index contributed by atoms with van der Waals surface area (Å²) in [5.41, 5.74) is 0.625. The number of carbonyl (C=O) groups excluding carboxylic acids is 2. The number of para-hydroxylation sites is 1. The maximum atomic E-state index is 12.0. The van der Waals surface area contributed by atoms with Crippen LogP contribution in [0.5, 0.6) is 0 Å². The highest BCUT2D eigenvalue weighted by atomic mass is 16.5. The smallest absolute Gasteiger partial charge is 0.374 e. The van der Waals surface area contributed by atoms with Gasteiger partial charge in [-0.2, -0.15) is 0 Å². The molecule has 1 N–H and O–H groups in total. The van der Waals surface area contributed by atoms with E-state index in [9.17, 15) is 9.59 Å². The van der Waals surface area contributed by atoms with Crippen molar-refractivity contribution in [3.8, 4) is 0 Å². The average Bonchev–Trinajstić information content (AvgIpc) is 2.99. The Labute approximate surface area is 135 Å². The maximum absolute atomic E-state index is 12.0. The Bertz CT molecular complexity index is 673. The van der Waals surface area contributed by atoms with Gasteiger partial charge < -0.3 is 14.5 Å². The molecule has 1 aromatic heterocycles. The molecule has 1 fully saturated rings. The highest BCUT2D eigenvalue weighted by Gasteiger charge is 2.23. The third kappa shape index (κ3) is 3.73. The van der Waals surface area contributed by atoms with Crippen LogP contribution in [0.1, 0.15) is 43.2 Å². The van der Waals surface area contributed by atoms with Gasteiger partial charge in [-0.3, -0.25) is 4.79 Å². The lowest BCUT2D eigenvalue weighted by Gasteiger charge is -2.29. The SMILES string of the molecule is CC1CCCCC1NC(=O)COC(=O)c1cc2ccccc2o1. The molecule has 0 spiro atoms. The molecule has 0 aliphatic heterocycles. The van der Waals surface area contributed by atoms with Crippen molar-refractivity contribution in [2.75, 3.05) is 6.61 Å². The van der Waals surface area contributed by atoms with Crippen molar-refractivity contribution in [1.82, 2.24) is 5.32 Å². The van der Waals surface area contributed by atoms with Crippen molar-refractivity contribution in [3.63, 3.8) is 0 Å². The summed E-state index contributed by atoms with van der Waals surface area (Å²) in [6.07, 6.45) is 4.47. The van der Waals surface area contributed by atoms with Crippen LogP contribution in [0.2, 0.25) is 0 Å². The fraction of sp³-hybridized carbons (Fsp3) is 0.444. The molecule has 3 rings (SSSR count). The van der Waals surface area contributed by atoms with Gasteiger partial charge in [0.05, 0.1) is 0 Å². The van der Waals surface area contributed by atoms with Crippen LogP contribution < -0.4 is 5.32 Å². The van der Waals surface area contributed by atoms with Crippen molar-refractivity contribution < 1.29 is 18.7 Å². The quantitative estimate of drug-likeness (QED) is 0.879. The van der Waals surface area contributed by atoms with Gasteiger partial charge in [0.15, 0.2) is 6.61 Å². The van der Waals surface area contributed by atoms with Crippen LogP contribution in [0.15, 0.2) is 34.7 Å². The molecule has 122 valence electrons. The summed E-state index contributed by atoms with van der Waals surface area (Å²) in [6, 6.07) is 9.14. The number of amides is 1. The lowest BCUT2D eigenvalue weighted by atomic mass is 9.86. The standard InChI is InChI=1S/C18H21NO4/c1-12-6-2-4-8-14(12)19-17(20)11-22-18(21)16-10-13-7-3-5-9-15(13)23-16/h3,5,7,9-10,12,14H,2,4,6,8,11H2,1H3,(H,19,20). The molecule has 0 radical (unpaired) electrons. The van der Waals surface area contributed by atoms with Crippen LogP contribution in [-0.4, -0.2) is 24.5 Å². The number of hydrogen-bond acceptors (Lipinski definition) is 4. The van der Waals surface area contributed by atoms with E-state index < -0.39 is 5.97 Å². The van der Waals surface area contributed by atoms with E-state index in [2.05, 4.69) is 12.2 Å². The van der Waals surface area contributed by atoms with Crippen molar-refractivity contribution in [2.45, 2.75) is 38.6 Å². The summed E-state index contributed by atoms with van der Waals surface area (Å²) in [7, 11) is 0. The van der Waals surface area contributed by atoms with E-state index in [0.717, 1.165) is 24.6 Å². The molecule has 2 atom stereocenters. The first kappa shape index (κ1) is 15.6. The van der Waals surface area contributed by atoms with Gasteiger partial charge in [0.25, 0.3) is 5.91 Å². The minimum absolute atomic E-state index is 0.116. The van der Waals surface area contributed by atoms with Gasteiger partial charge >= 0.3 is 5.97 Å². The number of fused-ring (bicyclic) bond motifs is 1. The van der Waals surface area contributed by atoms with Crippen LogP contribution in [-0.2, 0) is 9.53 Å².